The number of hydrogen-bond acceptors (Lipinski definition) is 1. The molecule has 84 valence electrons. The molecule has 14 heavy (non-hydrogen) atoms. The minimum absolute atomic E-state index is 0.503. The molecule has 1 rings (SSSR count). The van der Waals surface area contributed by atoms with E-state index in [-0.39, 0.29) is 0 Å². The summed E-state index contributed by atoms with van der Waals surface area (Å²) in [6.45, 7) is 9.86. The quantitative estimate of drug-likeness (QED) is 0.737. The van der Waals surface area contributed by atoms with Gasteiger partial charge in [-0.3, -0.25) is 0 Å². The summed E-state index contributed by atoms with van der Waals surface area (Å²) in [5.74, 6) is 0. The smallest absolute Gasteiger partial charge is 0.0713 e. The maximum Gasteiger partial charge on any atom is 0.0713 e. The van der Waals surface area contributed by atoms with Gasteiger partial charge in [-0.05, 0) is 5.54 Å². The Morgan fingerprint density at radius 3 is 1.93 bits per heavy atom. The third-order valence-corrected chi connectivity index (χ3v) is 23.8. The first-order chi connectivity index (χ1) is 6.42. The lowest BCUT2D eigenvalue weighted by molar-refractivity contribution is 0.360. The van der Waals surface area contributed by atoms with E-state index in [4.69, 9.17) is 0 Å². The lowest BCUT2D eigenvalue weighted by Crippen LogP contribution is -2.60. The van der Waals surface area contributed by atoms with Gasteiger partial charge in [0.05, 0.1) is 7.59 Å². The molecular formula is C11H26OSi2. The zero-order valence-electron chi connectivity index (χ0n) is 10.3. The van der Waals surface area contributed by atoms with E-state index in [2.05, 4.69) is 26.2 Å². The molecule has 1 N–H and O–H groups in total. The Balaban J connectivity index is 2.71. The van der Waals surface area contributed by atoms with Crippen molar-refractivity contribution < 1.29 is 5.11 Å². The molecule has 0 heterocycles. The summed E-state index contributed by atoms with van der Waals surface area (Å²) in [5, 5.41) is 9.56. The lowest BCUT2D eigenvalue weighted by Gasteiger charge is -2.44. The lowest BCUT2D eigenvalue weighted by atomic mass is 10.0. The molecule has 0 aromatic carbocycles. The van der Waals surface area contributed by atoms with Crippen LogP contribution in [0.4, 0.5) is 0 Å². The summed E-state index contributed by atoms with van der Waals surface area (Å²) in [6.07, 6.45) is 7.74. The van der Waals surface area contributed by atoms with Crippen molar-refractivity contribution in [2.75, 3.05) is 6.23 Å². The van der Waals surface area contributed by atoms with Gasteiger partial charge < -0.3 is 5.11 Å². The minimum atomic E-state index is -1.30. The highest BCUT2D eigenvalue weighted by Gasteiger charge is 2.45. The first-order valence-corrected chi connectivity index (χ1v) is 13.3. The molecule has 1 saturated carbocycles. The predicted octanol–water partition coefficient (Wildman–Crippen LogP) is 3.35. The Hall–Kier alpha value is 0.394. The Morgan fingerprint density at radius 1 is 1.00 bits per heavy atom. The fourth-order valence-corrected chi connectivity index (χ4v) is 11.3. The van der Waals surface area contributed by atoms with E-state index in [1.165, 1.54) is 32.1 Å². The molecule has 0 spiro atoms. The van der Waals surface area contributed by atoms with Crippen molar-refractivity contribution in [1.82, 2.24) is 0 Å². The number of hydrogen-bond donors (Lipinski definition) is 1. The largest absolute Gasteiger partial charge is 0.400 e. The van der Waals surface area contributed by atoms with Crippen molar-refractivity contribution in [3.63, 3.8) is 0 Å². The zero-order valence-corrected chi connectivity index (χ0v) is 12.3. The molecule has 1 aliphatic carbocycles. The second kappa shape index (κ2) is 4.50. The van der Waals surface area contributed by atoms with Gasteiger partial charge in [0.2, 0.25) is 0 Å². The number of rotatable bonds is 3. The average Bonchev–Trinajstić information content (AvgIpc) is 2.19. The van der Waals surface area contributed by atoms with Crippen LogP contribution in [0.25, 0.3) is 0 Å². The van der Waals surface area contributed by atoms with E-state index in [1.807, 2.05) is 0 Å². The van der Waals surface area contributed by atoms with Crippen molar-refractivity contribution in [3.05, 3.63) is 0 Å². The molecular weight excluding hydrogens is 204 g/mol. The molecule has 1 aliphatic rings. The van der Waals surface area contributed by atoms with Gasteiger partial charge in [0.25, 0.3) is 0 Å². The van der Waals surface area contributed by atoms with Crippen LogP contribution in [0.1, 0.15) is 32.1 Å². The highest BCUT2D eigenvalue weighted by Crippen LogP contribution is 2.41. The molecule has 1 fully saturated rings. The minimum Gasteiger partial charge on any atom is -0.400 e. The molecule has 3 heteroatoms. The van der Waals surface area contributed by atoms with Crippen molar-refractivity contribution in [3.8, 4) is 0 Å². The summed E-state index contributed by atoms with van der Waals surface area (Å²) < 4.78 is 0. The van der Waals surface area contributed by atoms with Gasteiger partial charge in [0.1, 0.15) is 0 Å². The first-order valence-electron chi connectivity index (χ1n) is 6.02. The number of aliphatic hydroxyl groups excluding tert-OH is 1. The molecule has 0 radical (unpaired) electrons. The van der Waals surface area contributed by atoms with Crippen LogP contribution in [0, 0.1) is 0 Å². The second-order valence-corrected chi connectivity index (χ2v) is 22.4. The molecule has 0 bridgehead atoms. The Bertz CT molecular complexity index is 184. The molecule has 0 aromatic rings. The topological polar surface area (TPSA) is 20.2 Å². The van der Waals surface area contributed by atoms with E-state index in [1.54, 1.807) is 0 Å². The monoisotopic (exact) mass is 230 g/mol. The zero-order chi connectivity index (χ0) is 10.8. The third-order valence-electron chi connectivity index (χ3n) is 4.77. The summed E-state index contributed by atoms with van der Waals surface area (Å²) in [4.78, 5) is 0. The van der Waals surface area contributed by atoms with E-state index >= 15 is 0 Å². The molecule has 0 aliphatic heterocycles. The van der Waals surface area contributed by atoms with Crippen LogP contribution in [0.3, 0.4) is 0 Å². The fraction of sp³-hybridized carbons (Fsp3) is 1.00. The van der Waals surface area contributed by atoms with Crippen LogP contribution in [0.5, 0.6) is 0 Å². The summed E-state index contributed by atoms with van der Waals surface area (Å²) in [5.41, 5.74) is 1.00. The van der Waals surface area contributed by atoms with E-state index < -0.39 is 15.2 Å². The Labute approximate surface area is 90.7 Å². The van der Waals surface area contributed by atoms with Gasteiger partial charge in [0, 0.05) is 13.8 Å². The maximum absolute atomic E-state index is 9.56. The molecule has 0 saturated heterocycles. The van der Waals surface area contributed by atoms with E-state index in [9.17, 15) is 5.11 Å². The van der Waals surface area contributed by atoms with Gasteiger partial charge in [-0.2, -0.15) is 0 Å². The van der Waals surface area contributed by atoms with Crippen molar-refractivity contribution in [1.29, 1.82) is 0 Å². The van der Waals surface area contributed by atoms with Crippen LogP contribution in [-0.4, -0.2) is 26.5 Å². The van der Waals surface area contributed by atoms with Gasteiger partial charge in [-0.25, -0.2) is 0 Å². The molecule has 0 unspecified atom stereocenters. The maximum atomic E-state index is 9.56. The Morgan fingerprint density at radius 2 is 1.50 bits per heavy atom. The van der Waals surface area contributed by atoms with Crippen LogP contribution in [0.15, 0.2) is 0 Å². The highest BCUT2D eigenvalue weighted by molar-refractivity contribution is 7.41. The molecule has 1 nitrogen and oxygen atoms in total. The van der Waals surface area contributed by atoms with Crippen molar-refractivity contribution in [2.45, 2.75) is 63.8 Å². The van der Waals surface area contributed by atoms with Crippen LogP contribution in [0.2, 0.25) is 31.7 Å². The van der Waals surface area contributed by atoms with Crippen molar-refractivity contribution in [2.24, 2.45) is 0 Å². The first kappa shape index (κ1) is 12.5. The van der Waals surface area contributed by atoms with Crippen LogP contribution in [-0.2, 0) is 0 Å². The standard InChI is InChI=1S/C11H26OSi2/c1-13(2,10-12)14(3,4)11-8-6-5-7-9-11/h11-12H,5-10H2,1-4H3. The van der Waals surface area contributed by atoms with Crippen LogP contribution >= 0.6 is 0 Å². The number of aliphatic hydroxyl groups is 1. The molecule has 0 atom stereocenters. The normalized spacial score (nSPS) is 21.2. The third kappa shape index (κ3) is 2.31. The Kier molecular flexibility index (Phi) is 4.00. The van der Waals surface area contributed by atoms with Crippen LogP contribution < -0.4 is 0 Å². The van der Waals surface area contributed by atoms with Gasteiger partial charge >= 0.3 is 0 Å². The summed E-state index contributed by atoms with van der Waals surface area (Å²) >= 11 is 0. The van der Waals surface area contributed by atoms with Gasteiger partial charge in [-0.1, -0.05) is 58.3 Å². The molecule has 0 aromatic heterocycles. The summed E-state index contributed by atoms with van der Waals surface area (Å²) in [6, 6.07) is 0. The van der Waals surface area contributed by atoms with E-state index in [0.29, 0.717) is 6.23 Å². The average molecular weight is 230 g/mol. The van der Waals surface area contributed by atoms with Gasteiger partial charge in [0.15, 0.2) is 0 Å². The second-order valence-electron chi connectivity index (χ2n) is 6.10. The van der Waals surface area contributed by atoms with E-state index in [0.717, 1.165) is 5.54 Å². The van der Waals surface area contributed by atoms with Crippen molar-refractivity contribution >= 4 is 15.2 Å². The SMILES string of the molecule is C[Si](C)(CO)[Si](C)(C)C1CCCCC1. The summed E-state index contributed by atoms with van der Waals surface area (Å²) in [7, 11) is -2.44. The van der Waals surface area contributed by atoms with Gasteiger partial charge in [-0.15, -0.1) is 0 Å². The fourth-order valence-electron chi connectivity index (χ4n) is 2.58. The predicted molar refractivity (Wildman–Crippen MR) is 68.9 cm³/mol. The molecule has 0 amide bonds. The highest BCUT2D eigenvalue weighted by atomic mass is 29.3.